The molecule has 0 saturated heterocycles. The smallest absolute Gasteiger partial charge is 1.00 e. The molecule has 3 aliphatic carbocycles. The molecule has 0 atom stereocenters. The molecule has 251 valence electrons. The Hall–Kier alpha value is -0.868. The minimum Gasteiger partial charge on any atom is -1.00 e. The third-order valence-corrected chi connectivity index (χ3v) is 14.0. The van der Waals surface area contributed by atoms with Crippen LogP contribution >= 0.6 is 7.92 Å². The Balaban J connectivity index is 0.000000765. The Bertz CT molecular complexity index is 1160. The Morgan fingerprint density at radius 3 is 1.78 bits per heavy atom. The number of hydrogen-bond acceptors (Lipinski definition) is 0. The van der Waals surface area contributed by atoms with E-state index in [-0.39, 0.29) is 34.3 Å². The van der Waals surface area contributed by atoms with Gasteiger partial charge in [0, 0.05) is 13.5 Å². The summed E-state index contributed by atoms with van der Waals surface area (Å²) in [4.78, 5) is 0. The van der Waals surface area contributed by atoms with Gasteiger partial charge < -0.3 is 18.1 Å². The second-order valence-electron chi connectivity index (χ2n) is 14.2. The van der Waals surface area contributed by atoms with Gasteiger partial charge in [0.25, 0.3) is 0 Å². The van der Waals surface area contributed by atoms with Crippen LogP contribution in [0.3, 0.4) is 0 Å². The molecule has 0 heterocycles. The van der Waals surface area contributed by atoms with Crippen molar-refractivity contribution in [3.8, 4) is 11.1 Å². The van der Waals surface area contributed by atoms with Crippen LogP contribution in [0.15, 0.2) is 60.2 Å². The Morgan fingerprint density at radius 2 is 1.33 bits per heavy atom. The molecule has 4 heteroatoms. The summed E-state index contributed by atoms with van der Waals surface area (Å²) < 4.78 is 0. The van der Waals surface area contributed by atoms with Gasteiger partial charge in [0.15, 0.2) is 0 Å². The Morgan fingerprint density at radius 1 is 0.800 bits per heavy atom. The molecular weight excluding hydrogens is 679 g/mol. The van der Waals surface area contributed by atoms with E-state index in [1.807, 2.05) is 18.6 Å². The average Bonchev–Trinajstić information content (AvgIpc) is 3.03. The van der Waals surface area contributed by atoms with Crippen molar-refractivity contribution in [2.24, 2.45) is 0 Å². The van der Waals surface area contributed by atoms with Crippen molar-refractivity contribution in [1.82, 2.24) is 0 Å². The average molecular weight is 741 g/mol. The minimum atomic E-state index is -0.610. The first-order valence-electron chi connectivity index (χ1n) is 17.6. The largest absolute Gasteiger partial charge is 2.00 e. The molecule has 2 aromatic carbocycles. The fourth-order valence-electron chi connectivity index (χ4n) is 7.61. The molecule has 2 fully saturated rings. The molecule has 5 rings (SSSR count). The number of hydrogen-bond donors (Lipinski definition) is 0. The number of nitrogens with one attached hydrogen (secondary N) is 1. The van der Waals surface area contributed by atoms with E-state index < -0.39 is 7.92 Å². The van der Waals surface area contributed by atoms with Crippen molar-refractivity contribution >= 4 is 13.2 Å². The predicted molar refractivity (Wildman–Crippen MR) is 197 cm³/mol. The van der Waals surface area contributed by atoms with E-state index in [4.69, 9.17) is 5.73 Å². The summed E-state index contributed by atoms with van der Waals surface area (Å²) in [5.74, 6) is 1.65. The number of rotatable bonds is 9. The zero-order chi connectivity index (χ0) is 30.8. The van der Waals surface area contributed by atoms with Gasteiger partial charge in [0.05, 0.1) is 16.6 Å². The zero-order valence-corrected chi connectivity index (χ0v) is 32.2. The molecule has 2 aromatic rings. The standard InChI is InChI=1S/C33H49P.C8H10N.ClH.Pd/c1-23(2)26-21-30(24(3)4)33(31(22-26)25(5)6)29-19-13-14-20-32(29)34(27-15-9-7-10-16-27)28-17-11-8-12-18-28;9-7-6-8-4-2-1-3-5-8;;/h13-14,19-25,27-28H,7-12,15-18H2,1-6H3;1-5,9H,6-7H2;1H;/q;-2;;+2/p+1. The van der Waals surface area contributed by atoms with Gasteiger partial charge in [-0.25, -0.2) is 0 Å². The number of benzene rings is 2. The summed E-state index contributed by atoms with van der Waals surface area (Å²) in [6.45, 7) is 14.8. The summed E-state index contributed by atoms with van der Waals surface area (Å²) in [6, 6.07) is 14.9. The summed E-state index contributed by atoms with van der Waals surface area (Å²) in [5, 5.41) is 1.78. The molecule has 0 amide bonds. The van der Waals surface area contributed by atoms with Crippen molar-refractivity contribution in [1.29, 1.82) is 0 Å². The van der Waals surface area contributed by atoms with Crippen molar-refractivity contribution < 1.29 is 34.3 Å². The van der Waals surface area contributed by atoms with Gasteiger partial charge in [-0.05, 0) is 97.4 Å². The maximum atomic E-state index is 6.94. The monoisotopic (exact) mass is 739 g/mol. The molecule has 0 spiro atoms. The second kappa shape index (κ2) is 20.5. The van der Waals surface area contributed by atoms with Gasteiger partial charge in [-0.1, -0.05) is 91.1 Å². The van der Waals surface area contributed by atoms with Gasteiger partial charge in [-0.3, -0.25) is 0 Å². The second-order valence-corrected chi connectivity index (χ2v) is 17.3. The number of allylic oxidation sites excluding steroid dienone is 3. The topological polar surface area (TPSA) is 23.8 Å². The quantitative estimate of drug-likeness (QED) is 0.139. The van der Waals surface area contributed by atoms with Crippen LogP contribution in [0, 0.1) is 12.8 Å². The van der Waals surface area contributed by atoms with E-state index >= 15 is 0 Å². The summed E-state index contributed by atoms with van der Waals surface area (Å²) in [7, 11) is -0.610. The number of halogens is 1. The Labute approximate surface area is 300 Å². The van der Waals surface area contributed by atoms with Gasteiger partial charge in [-0.2, -0.15) is 30.2 Å². The van der Waals surface area contributed by atoms with Crippen molar-refractivity contribution in [2.75, 3.05) is 6.54 Å². The zero-order valence-electron chi connectivity index (χ0n) is 29.9. The van der Waals surface area contributed by atoms with Crippen LogP contribution in [-0.4, -0.2) is 17.9 Å². The fourth-order valence-corrected chi connectivity index (χ4v) is 12.0. The predicted octanol–water partition coefficient (Wildman–Crippen LogP) is 9.68. The van der Waals surface area contributed by atoms with E-state index in [2.05, 4.69) is 90.4 Å². The molecule has 1 nitrogen and oxygen atoms in total. The van der Waals surface area contributed by atoms with Crippen LogP contribution in [-0.2, 0) is 20.4 Å². The molecule has 0 bridgehead atoms. The first-order valence-corrected chi connectivity index (χ1v) is 19.3. The first-order chi connectivity index (χ1) is 20.8. The molecule has 0 aliphatic heterocycles. The fraction of sp³-hybridized carbons (Fsp3) is 0.561. The molecule has 0 aromatic heterocycles. The van der Waals surface area contributed by atoms with Crippen molar-refractivity contribution in [3.63, 3.8) is 0 Å². The van der Waals surface area contributed by atoms with E-state index in [9.17, 15) is 0 Å². The molecule has 45 heavy (non-hydrogen) atoms. The van der Waals surface area contributed by atoms with Crippen molar-refractivity contribution in [3.05, 3.63) is 95.5 Å². The summed E-state index contributed by atoms with van der Waals surface area (Å²) >= 11 is 0. The van der Waals surface area contributed by atoms with Crippen LogP contribution in [0.2, 0.25) is 0 Å². The van der Waals surface area contributed by atoms with Gasteiger partial charge in [-0.15, -0.1) is 13.0 Å². The summed E-state index contributed by atoms with van der Waals surface area (Å²) in [6.07, 6.45) is 25.7. The van der Waals surface area contributed by atoms with Gasteiger partial charge >= 0.3 is 21.8 Å². The summed E-state index contributed by atoms with van der Waals surface area (Å²) in [5.41, 5.74) is 18.0. The molecule has 3 aliphatic rings. The van der Waals surface area contributed by atoms with Gasteiger partial charge in [0.2, 0.25) is 0 Å². The Kier molecular flexibility index (Phi) is 18.4. The molecule has 0 unspecified atom stereocenters. The molecule has 1 N–H and O–H groups in total. The normalized spacial score (nSPS) is 17.4. The minimum absolute atomic E-state index is 0. The molecular formula is C41H61ClNPPd+. The van der Waals surface area contributed by atoms with E-state index in [1.165, 1.54) is 75.3 Å². The van der Waals surface area contributed by atoms with E-state index in [0.717, 1.165) is 17.7 Å². The maximum absolute atomic E-state index is 6.94. The first kappa shape index (κ1) is 40.3. The molecule has 1 radical (unpaired) electrons. The van der Waals surface area contributed by atoms with E-state index in [0.29, 0.717) is 24.3 Å². The van der Waals surface area contributed by atoms with E-state index in [1.54, 1.807) is 27.6 Å². The van der Waals surface area contributed by atoms with Gasteiger partial charge in [0.1, 0.15) is 0 Å². The van der Waals surface area contributed by atoms with Crippen molar-refractivity contribution in [2.45, 2.75) is 141 Å². The molecule has 2 saturated carbocycles. The third-order valence-electron chi connectivity index (χ3n) is 9.99. The van der Waals surface area contributed by atoms with Crippen LogP contribution in [0.25, 0.3) is 16.9 Å². The third kappa shape index (κ3) is 11.1. The van der Waals surface area contributed by atoms with Crippen LogP contribution in [0.5, 0.6) is 0 Å². The van der Waals surface area contributed by atoms with Crippen LogP contribution in [0.4, 0.5) is 0 Å². The van der Waals surface area contributed by atoms with Crippen LogP contribution in [0.1, 0.15) is 148 Å². The van der Waals surface area contributed by atoms with Crippen LogP contribution < -0.4 is 17.7 Å². The SMILES string of the molecule is CC(C)c1cc(C(C)C)c(-c2ccccc2[PH+](C2CCCCC2)C2CCCCC2)c(C(C)C)c1.[Cl-].[H+].[NH-]CCC1=C[CH]C=C[CH-]1.[Pd+2]. The maximum Gasteiger partial charge on any atom is 2.00 e.